The van der Waals surface area contributed by atoms with Crippen LogP contribution in [0.25, 0.3) is 0 Å². The number of hydrogen-bond acceptors (Lipinski definition) is 4. The van der Waals surface area contributed by atoms with Crippen LogP contribution >= 0.6 is 11.3 Å². The Bertz CT molecular complexity index is 614. The minimum Gasteiger partial charge on any atom is -0.484 e. The first-order chi connectivity index (χ1) is 11.2. The Labute approximate surface area is 139 Å². The molecule has 0 aliphatic rings. The van der Waals surface area contributed by atoms with Gasteiger partial charge in [0, 0.05) is 11.4 Å². The lowest BCUT2D eigenvalue weighted by molar-refractivity contribution is -0.133. The van der Waals surface area contributed by atoms with Gasteiger partial charge in [-0.05, 0) is 30.5 Å². The summed E-state index contributed by atoms with van der Waals surface area (Å²) in [6.45, 7) is 2.98. The molecule has 1 heterocycles. The number of ether oxygens (including phenoxy) is 1. The van der Waals surface area contributed by atoms with E-state index in [2.05, 4.69) is 5.32 Å². The molecule has 2 amide bonds. The van der Waals surface area contributed by atoms with Gasteiger partial charge in [-0.1, -0.05) is 24.3 Å². The maximum Gasteiger partial charge on any atom is 0.258 e. The Kier molecular flexibility index (Phi) is 6.62. The van der Waals surface area contributed by atoms with Crippen molar-refractivity contribution in [2.45, 2.75) is 13.5 Å². The second-order valence-electron chi connectivity index (χ2n) is 4.87. The summed E-state index contributed by atoms with van der Waals surface area (Å²) in [5, 5.41) is 4.58. The van der Waals surface area contributed by atoms with Crippen LogP contribution in [0.2, 0.25) is 0 Å². The zero-order valence-corrected chi connectivity index (χ0v) is 13.8. The van der Waals surface area contributed by atoms with Gasteiger partial charge in [0.05, 0.1) is 13.1 Å². The lowest BCUT2D eigenvalue weighted by atomic mass is 10.3. The zero-order valence-electron chi connectivity index (χ0n) is 13.0. The zero-order chi connectivity index (χ0) is 16.5. The molecule has 0 unspecified atom stereocenters. The van der Waals surface area contributed by atoms with Crippen LogP contribution in [0.15, 0.2) is 47.8 Å². The molecule has 0 fully saturated rings. The standard InChI is InChI=1S/C17H20N2O3S/c1-2-19(12-15-9-6-10-23-15)17(21)11-18-16(20)13-22-14-7-4-3-5-8-14/h3-10H,2,11-13H2,1H3,(H,18,20). The molecule has 0 aliphatic heterocycles. The van der Waals surface area contributed by atoms with Crippen LogP contribution in [-0.2, 0) is 16.1 Å². The van der Waals surface area contributed by atoms with E-state index < -0.39 is 0 Å². The van der Waals surface area contributed by atoms with Crippen LogP contribution in [-0.4, -0.2) is 36.4 Å². The maximum absolute atomic E-state index is 12.2. The van der Waals surface area contributed by atoms with E-state index in [1.807, 2.05) is 42.6 Å². The van der Waals surface area contributed by atoms with E-state index in [4.69, 9.17) is 4.74 Å². The summed E-state index contributed by atoms with van der Waals surface area (Å²) >= 11 is 1.61. The van der Waals surface area contributed by atoms with Crippen LogP contribution < -0.4 is 10.1 Å². The Hall–Kier alpha value is -2.34. The molecule has 1 N–H and O–H groups in total. The minimum absolute atomic E-state index is 0.0177. The van der Waals surface area contributed by atoms with Gasteiger partial charge in [0.1, 0.15) is 5.75 Å². The molecule has 23 heavy (non-hydrogen) atoms. The first-order valence-electron chi connectivity index (χ1n) is 7.43. The third kappa shape index (κ3) is 5.75. The average molecular weight is 332 g/mol. The van der Waals surface area contributed by atoms with Gasteiger partial charge < -0.3 is 15.0 Å². The number of likely N-dealkylation sites (N-methyl/N-ethyl adjacent to an activating group) is 1. The Balaban J connectivity index is 1.72. The predicted octanol–water partition coefficient (Wildman–Crippen LogP) is 2.29. The third-order valence-corrected chi connectivity index (χ3v) is 4.07. The van der Waals surface area contributed by atoms with E-state index in [-0.39, 0.29) is 25.0 Å². The average Bonchev–Trinajstić information content (AvgIpc) is 3.09. The van der Waals surface area contributed by atoms with Crippen molar-refractivity contribution in [1.29, 1.82) is 0 Å². The largest absolute Gasteiger partial charge is 0.484 e. The van der Waals surface area contributed by atoms with E-state index in [1.54, 1.807) is 28.4 Å². The van der Waals surface area contributed by atoms with E-state index in [0.29, 0.717) is 18.8 Å². The summed E-state index contributed by atoms with van der Waals surface area (Å²) in [6.07, 6.45) is 0. The summed E-state index contributed by atoms with van der Waals surface area (Å²) in [4.78, 5) is 26.7. The molecule has 0 atom stereocenters. The topological polar surface area (TPSA) is 58.6 Å². The number of para-hydroxylation sites is 1. The number of carbonyl (C=O) groups excluding carboxylic acids is 2. The normalized spacial score (nSPS) is 10.1. The summed E-state index contributed by atoms with van der Waals surface area (Å²) in [6, 6.07) is 13.0. The molecule has 1 aromatic carbocycles. The van der Waals surface area contributed by atoms with Crippen molar-refractivity contribution in [2.75, 3.05) is 19.7 Å². The lowest BCUT2D eigenvalue weighted by Crippen LogP contribution is -2.41. The highest BCUT2D eigenvalue weighted by atomic mass is 32.1. The summed E-state index contributed by atoms with van der Waals surface area (Å²) in [5.41, 5.74) is 0. The van der Waals surface area contributed by atoms with Crippen LogP contribution in [0.1, 0.15) is 11.8 Å². The van der Waals surface area contributed by atoms with Gasteiger partial charge in [0.2, 0.25) is 5.91 Å². The fraction of sp³-hybridized carbons (Fsp3) is 0.294. The molecule has 6 heteroatoms. The number of rotatable bonds is 8. The summed E-state index contributed by atoms with van der Waals surface area (Å²) in [7, 11) is 0. The monoisotopic (exact) mass is 332 g/mol. The Morgan fingerprint density at radius 3 is 2.61 bits per heavy atom. The van der Waals surface area contributed by atoms with Gasteiger partial charge in [-0.3, -0.25) is 9.59 Å². The van der Waals surface area contributed by atoms with Gasteiger partial charge in [-0.25, -0.2) is 0 Å². The maximum atomic E-state index is 12.2. The lowest BCUT2D eigenvalue weighted by Gasteiger charge is -2.20. The molecular formula is C17H20N2O3S. The summed E-state index contributed by atoms with van der Waals surface area (Å²) < 4.78 is 5.34. The predicted molar refractivity (Wildman–Crippen MR) is 90.4 cm³/mol. The van der Waals surface area contributed by atoms with Crippen LogP contribution in [0.3, 0.4) is 0 Å². The van der Waals surface area contributed by atoms with Crippen molar-refractivity contribution in [3.05, 3.63) is 52.7 Å². The van der Waals surface area contributed by atoms with Crippen molar-refractivity contribution in [3.8, 4) is 5.75 Å². The second kappa shape index (κ2) is 8.95. The number of nitrogens with one attached hydrogen (secondary N) is 1. The van der Waals surface area contributed by atoms with E-state index in [0.717, 1.165) is 4.88 Å². The highest BCUT2D eigenvalue weighted by molar-refractivity contribution is 7.09. The number of nitrogens with zero attached hydrogens (tertiary/aromatic N) is 1. The number of thiophene rings is 1. The van der Waals surface area contributed by atoms with E-state index in [1.165, 1.54) is 0 Å². The second-order valence-corrected chi connectivity index (χ2v) is 5.90. The van der Waals surface area contributed by atoms with E-state index >= 15 is 0 Å². The molecule has 0 saturated heterocycles. The van der Waals surface area contributed by atoms with Gasteiger partial charge >= 0.3 is 0 Å². The molecule has 2 aromatic rings. The molecule has 0 radical (unpaired) electrons. The minimum atomic E-state index is -0.311. The van der Waals surface area contributed by atoms with Gasteiger partial charge in [0.25, 0.3) is 5.91 Å². The molecule has 122 valence electrons. The highest BCUT2D eigenvalue weighted by Gasteiger charge is 2.14. The molecule has 0 spiro atoms. The highest BCUT2D eigenvalue weighted by Crippen LogP contribution is 2.11. The first-order valence-corrected chi connectivity index (χ1v) is 8.31. The van der Waals surface area contributed by atoms with Crippen molar-refractivity contribution >= 4 is 23.2 Å². The molecule has 2 rings (SSSR count). The molecule has 5 nitrogen and oxygen atoms in total. The quantitative estimate of drug-likeness (QED) is 0.807. The third-order valence-electron chi connectivity index (χ3n) is 3.21. The molecule has 1 aromatic heterocycles. The first kappa shape index (κ1) is 17.0. The molecule has 0 bridgehead atoms. The van der Waals surface area contributed by atoms with Crippen LogP contribution in [0.5, 0.6) is 5.75 Å². The summed E-state index contributed by atoms with van der Waals surface area (Å²) in [5.74, 6) is 0.213. The Morgan fingerprint density at radius 1 is 1.17 bits per heavy atom. The SMILES string of the molecule is CCN(Cc1cccs1)C(=O)CNC(=O)COc1ccccc1. The van der Waals surface area contributed by atoms with Crippen molar-refractivity contribution in [1.82, 2.24) is 10.2 Å². The fourth-order valence-electron chi connectivity index (χ4n) is 1.97. The van der Waals surface area contributed by atoms with Crippen molar-refractivity contribution in [2.24, 2.45) is 0 Å². The fourth-order valence-corrected chi connectivity index (χ4v) is 2.69. The van der Waals surface area contributed by atoms with Crippen molar-refractivity contribution in [3.63, 3.8) is 0 Å². The smallest absolute Gasteiger partial charge is 0.258 e. The van der Waals surface area contributed by atoms with Gasteiger partial charge in [0.15, 0.2) is 6.61 Å². The van der Waals surface area contributed by atoms with Crippen LogP contribution in [0.4, 0.5) is 0 Å². The van der Waals surface area contributed by atoms with Gasteiger partial charge in [-0.2, -0.15) is 0 Å². The van der Waals surface area contributed by atoms with E-state index in [9.17, 15) is 9.59 Å². The molecule has 0 aliphatic carbocycles. The Morgan fingerprint density at radius 2 is 1.96 bits per heavy atom. The number of benzene rings is 1. The number of amides is 2. The number of hydrogen-bond donors (Lipinski definition) is 1. The molecular weight excluding hydrogens is 312 g/mol. The molecule has 0 saturated carbocycles. The van der Waals surface area contributed by atoms with Crippen LogP contribution in [0, 0.1) is 0 Å². The van der Waals surface area contributed by atoms with Gasteiger partial charge in [-0.15, -0.1) is 11.3 Å². The number of carbonyl (C=O) groups is 2. The van der Waals surface area contributed by atoms with Crippen molar-refractivity contribution < 1.29 is 14.3 Å².